The average molecular weight is 489 g/mol. The first-order valence-corrected chi connectivity index (χ1v) is 12.0. The minimum atomic E-state index is -0.959. The lowest BCUT2D eigenvalue weighted by Gasteiger charge is -2.13. The highest BCUT2D eigenvalue weighted by Gasteiger charge is 2.20. The summed E-state index contributed by atoms with van der Waals surface area (Å²) in [6, 6.07) is 17.5. The predicted molar refractivity (Wildman–Crippen MR) is 128 cm³/mol. The Kier molecular flexibility index (Phi) is 7.51. The molecule has 0 radical (unpaired) electrons. The van der Waals surface area contributed by atoms with Gasteiger partial charge in [-0.3, -0.25) is 0 Å². The van der Waals surface area contributed by atoms with E-state index in [1.165, 1.54) is 16.0 Å². The van der Waals surface area contributed by atoms with Crippen LogP contribution in [0.1, 0.15) is 28.7 Å². The molecule has 4 rings (SSSR count). The van der Waals surface area contributed by atoms with Crippen LogP contribution in [-0.2, 0) is 30.0 Å². The van der Waals surface area contributed by atoms with Gasteiger partial charge in [-0.15, -0.1) is 11.8 Å². The number of hydrogen-bond acceptors (Lipinski definition) is 4. The molecule has 0 saturated heterocycles. The van der Waals surface area contributed by atoms with Gasteiger partial charge in [0.05, 0.1) is 10.0 Å². The van der Waals surface area contributed by atoms with Gasteiger partial charge in [-0.2, -0.15) is 0 Å². The Morgan fingerprint density at radius 1 is 0.906 bits per heavy atom. The Hall–Kier alpha value is -2.34. The summed E-state index contributed by atoms with van der Waals surface area (Å²) in [5.41, 5.74) is 4.61. The number of halogens is 2. The second-order valence-electron chi connectivity index (χ2n) is 7.52. The van der Waals surface area contributed by atoms with Crippen LogP contribution in [0.4, 0.5) is 0 Å². The van der Waals surface area contributed by atoms with Gasteiger partial charge in [0.15, 0.2) is 6.61 Å². The molecule has 4 nitrogen and oxygen atoms in total. The van der Waals surface area contributed by atoms with E-state index in [1.807, 2.05) is 36.4 Å². The van der Waals surface area contributed by atoms with Gasteiger partial charge in [0.25, 0.3) is 0 Å². The van der Waals surface area contributed by atoms with E-state index >= 15 is 0 Å². The highest BCUT2D eigenvalue weighted by atomic mass is 35.5. The maximum atomic E-state index is 10.8. The number of carboxylic acid groups (broad SMARTS) is 1. The van der Waals surface area contributed by atoms with Crippen molar-refractivity contribution >= 4 is 40.9 Å². The van der Waals surface area contributed by atoms with Crippen LogP contribution in [0.15, 0.2) is 59.5 Å². The van der Waals surface area contributed by atoms with Crippen LogP contribution in [-0.4, -0.2) is 17.7 Å². The second-order valence-corrected chi connectivity index (χ2v) is 9.36. The smallest absolute Gasteiger partial charge is 0.341 e. The Balaban J connectivity index is 1.34. The van der Waals surface area contributed by atoms with Crippen LogP contribution in [0.25, 0.3) is 0 Å². The second kappa shape index (κ2) is 10.5. The summed E-state index contributed by atoms with van der Waals surface area (Å²) in [4.78, 5) is 12.1. The molecule has 0 amide bonds. The van der Waals surface area contributed by atoms with Crippen LogP contribution < -0.4 is 9.47 Å². The quantitative estimate of drug-likeness (QED) is 0.335. The van der Waals surface area contributed by atoms with Crippen molar-refractivity contribution in [3.63, 3.8) is 0 Å². The van der Waals surface area contributed by atoms with Crippen LogP contribution in [0.3, 0.4) is 0 Å². The molecule has 1 aliphatic rings. The van der Waals surface area contributed by atoms with Gasteiger partial charge in [-0.25, -0.2) is 4.79 Å². The minimum absolute atomic E-state index is 0.307. The molecule has 1 aliphatic carbocycles. The first-order valence-electron chi connectivity index (χ1n) is 10.3. The van der Waals surface area contributed by atoms with E-state index in [-0.39, 0.29) is 6.61 Å². The van der Waals surface area contributed by atoms with Crippen molar-refractivity contribution in [1.82, 2.24) is 0 Å². The Labute approximate surface area is 201 Å². The van der Waals surface area contributed by atoms with Crippen molar-refractivity contribution in [3.05, 3.63) is 86.9 Å². The molecule has 0 atom stereocenters. The molecular weight excluding hydrogens is 467 g/mol. The standard InChI is InChI=1S/C25H22Cl2O4S/c26-21-9-6-17(12-22(21)27)13-30-18-7-4-16(5-8-18)15-32-24-11-10-23(31-14-25(28)29)19-2-1-3-20(19)24/h4-12H,1-3,13-15H2,(H,28,29). The van der Waals surface area contributed by atoms with Gasteiger partial charge in [0.1, 0.15) is 18.1 Å². The van der Waals surface area contributed by atoms with Gasteiger partial charge in [0, 0.05) is 10.6 Å². The lowest BCUT2D eigenvalue weighted by Crippen LogP contribution is -2.10. The van der Waals surface area contributed by atoms with Crippen LogP contribution in [0, 0.1) is 0 Å². The van der Waals surface area contributed by atoms with Crippen molar-refractivity contribution in [1.29, 1.82) is 0 Å². The van der Waals surface area contributed by atoms with E-state index in [2.05, 4.69) is 12.1 Å². The maximum absolute atomic E-state index is 10.8. The number of carboxylic acids is 1. The SMILES string of the molecule is O=C(O)COc1ccc(SCc2ccc(OCc3ccc(Cl)c(Cl)c3)cc2)c2c1CCC2. The van der Waals surface area contributed by atoms with Crippen molar-refractivity contribution in [2.75, 3.05) is 6.61 Å². The fourth-order valence-electron chi connectivity index (χ4n) is 3.69. The first kappa shape index (κ1) is 22.8. The number of carbonyl (C=O) groups is 1. The fourth-order valence-corrected chi connectivity index (χ4v) is 5.09. The van der Waals surface area contributed by atoms with Gasteiger partial charge in [-0.1, -0.05) is 41.4 Å². The van der Waals surface area contributed by atoms with E-state index < -0.39 is 5.97 Å². The summed E-state index contributed by atoms with van der Waals surface area (Å²) in [5, 5.41) is 9.93. The predicted octanol–water partition coefficient (Wildman–Crippen LogP) is 6.82. The first-order chi connectivity index (χ1) is 15.5. The number of thioether (sulfide) groups is 1. The molecule has 1 N–H and O–H groups in total. The van der Waals surface area contributed by atoms with E-state index in [0.717, 1.165) is 41.9 Å². The van der Waals surface area contributed by atoms with Gasteiger partial charge >= 0.3 is 5.97 Å². The molecule has 32 heavy (non-hydrogen) atoms. The Morgan fingerprint density at radius 2 is 1.66 bits per heavy atom. The van der Waals surface area contributed by atoms with Crippen molar-refractivity contribution in [2.24, 2.45) is 0 Å². The van der Waals surface area contributed by atoms with Gasteiger partial charge in [0.2, 0.25) is 0 Å². The number of ether oxygens (including phenoxy) is 2. The molecule has 0 saturated carbocycles. The third-order valence-corrected chi connectivity index (χ3v) is 7.17. The van der Waals surface area contributed by atoms with Crippen LogP contribution in [0.2, 0.25) is 10.0 Å². The number of hydrogen-bond donors (Lipinski definition) is 1. The lowest BCUT2D eigenvalue weighted by molar-refractivity contribution is -0.139. The molecule has 0 heterocycles. The summed E-state index contributed by atoms with van der Waals surface area (Å²) in [5.74, 6) is 1.38. The molecular formula is C25H22Cl2O4S. The third kappa shape index (κ3) is 5.71. The summed E-state index contributed by atoms with van der Waals surface area (Å²) in [6.07, 6.45) is 3.01. The zero-order valence-corrected chi connectivity index (χ0v) is 19.6. The van der Waals surface area contributed by atoms with Gasteiger partial charge in [-0.05, 0) is 77.9 Å². The molecule has 7 heteroatoms. The number of benzene rings is 3. The molecule has 0 spiro atoms. The minimum Gasteiger partial charge on any atom is -0.489 e. The lowest BCUT2D eigenvalue weighted by atomic mass is 10.1. The van der Waals surface area contributed by atoms with Crippen molar-refractivity contribution < 1.29 is 19.4 Å². The molecule has 0 aromatic heterocycles. The highest BCUT2D eigenvalue weighted by molar-refractivity contribution is 7.98. The van der Waals surface area contributed by atoms with Crippen LogP contribution >= 0.6 is 35.0 Å². The molecule has 0 bridgehead atoms. The van der Waals surface area contributed by atoms with Crippen LogP contribution in [0.5, 0.6) is 11.5 Å². The zero-order chi connectivity index (χ0) is 22.5. The van der Waals surface area contributed by atoms with Gasteiger partial charge < -0.3 is 14.6 Å². The molecule has 3 aromatic carbocycles. The summed E-state index contributed by atoms with van der Waals surface area (Å²) < 4.78 is 11.3. The fraction of sp³-hybridized carbons (Fsp3) is 0.240. The normalized spacial score (nSPS) is 12.4. The highest BCUT2D eigenvalue weighted by Crippen LogP contribution is 2.38. The molecule has 0 unspecified atom stereocenters. The monoisotopic (exact) mass is 488 g/mol. The largest absolute Gasteiger partial charge is 0.489 e. The number of rotatable bonds is 9. The topological polar surface area (TPSA) is 55.8 Å². The molecule has 166 valence electrons. The number of fused-ring (bicyclic) bond motifs is 1. The Morgan fingerprint density at radius 3 is 2.41 bits per heavy atom. The molecule has 0 aliphatic heterocycles. The third-order valence-electron chi connectivity index (χ3n) is 5.26. The Bertz CT molecular complexity index is 1120. The molecule has 3 aromatic rings. The van der Waals surface area contributed by atoms with Crippen molar-refractivity contribution in [3.8, 4) is 11.5 Å². The summed E-state index contributed by atoms with van der Waals surface area (Å²) in [6.45, 7) is 0.117. The maximum Gasteiger partial charge on any atom is 0.341 e. The van der Waals surface area contributed by atoms with E-state index in [4.69, 9.17) is 37.8 Å². The number of aliphatic carboxylic acids is 1. The average Bonchev–Trinajstić information content (AvgIpc) is 3.28. The molecule has 0 fully saturated rings. The van der Waals surface area contributed by atoms with E-state index in [9.17, 15) is 4.79 Å². The summed E-state index contributed by atoms with van der Waals surface area (Å²) in [7, 11) is 0. The van der Waals surface area contributed by atoms with E-state index in [0.29, 0.717) is 22.4 Å². The van der Waals surface area contributed by atoms with Crippen molar-refractivity contribution in [2.45, 2.75) is 36.5 Å². The summed E-state index contributed by atoms with van der Waals surface area (Å²) >= 11 is 13.8. The zero-order valence-electron chi connectivity index (χ0n) is 17.3. The van der Waals surface area contributed by atoms with E-state index in [1.54, 1.807) is 17.8 Å².